The van der Waals surface area contributed by atoms with Crippen LogP contribution in [0.25, 0.3) is 0 Å². The van der Waals surface area contributed by atoms with Gasteiger partial charge in [0, 0.05) is 19.3 Å². The van der Waals surface area contributed by atoms with Crippen LogP contribution in [0.4, 0.5) is 0 Å². The van der Waals surface area contributed by atoms with Gasteiger partial charge in [-0.2, -0.15) is 0 Å². The highest BCUT2D eigenvalue weighted by atomic mass is 16.5. The molecule has 2 fully saturated rings. The standard InChI is InChI=1S/C19H37NO2/c1-6-8-19(10-13-22-18(4,5)15-19)9-11-20-16-7-12-21-17(2,3)14-16/h16,20H,6-15H2,1-5H3/t16-,19-/m1/s1. The fourth-order valence-corrected chi connectivity index (χ4v) is 4.62. The zero-order chi connectivity index (χ0) is 16.3. The maximum atomic E-state index is 5.95. The van der Waals surface area contributed by atoms with Crippen molar-refractivity contribution in [1.29, 1.82) is 0 Å². The van der Waals surface area contributed by atoms with Crippen molar-refractivity contribution in [3.05, 3.63) is 0 Å². The van der Waals surface area contributed by atoms with E-state index in [-0.39, 0.29) is 11.2 Å². The zero-order valence-corrected chi connectivity index (χ0v) is 15.5. The first-order valence-corrected chi connectivity index (χ1v) is 9.27. The minimum atomic E-state index is 0.0394. The average molecular weight is 312 g/mol. The summed E-state index contributed by atoms with van der Waals surface area (Å²) in [6, 6.07) is 0.621. The van der Waals surface area contributed by atoms with E-state index in [1.165, 1.54) is 32.1 Å². The van der Waals surface area contributed by atoms with Gasteiger partial charge in [-0.25, -0.2) is 0 Å². The van der Waals surface area contributed by atoms with E-state index >= 15 is 0 Å². The van der Waals surface area contributed by atoms with Crippen molar-refractivity contribution in [2.45, 2.75) is 96.8 Å². The molecule has 2 heterocycles. The van der Waals surface area contributed by atoms with Crippen LogP contribution in [-0.2, 0) is 9.47 Å². The molecule has 2 atom stereocenters. The molecular formula is C19H37NO2. The maximum Gasteiger partial charge on any atom is 0.0641 e. The van der Waals surface area contributed by atoms with Gasteiger partial charge in [0.05, 0.1) is 11.2 Å². The first-order chi connectivity index (χ1) is 10.3. The van der Waals surface area contributed by atoms with Crippen molar-refractivity contribution in [3.8, 4) is 0 Å². The Morgan fingerprint density at radius 2 is 1.73 bits per heavy atom. The molecule has 0 unspecified atom stereocenters. The zero-order valence-electron chi connectivity index (χ0n) is 15.5. The van der Waals surface area contributed by atoms with Crippen LogP contribution in [0, 0.1) is 5.41 Å². The van der Waals surface area contributed by atoms with Crippen LogP contribution in [-0.4, -0.2) is 37.0 Å². The predicted molar refractivity (Wildman–Crippen MR) is 92.3 cm³/mol. The summed E-state index contributed by atoms with van der Waals surface area (Å²) in [6.45, 7) is 14.2. The van der Waals surface area contributed by atoms with E-state index in [1.54, 1.807) is 0 Å². The average Bonchev–Trinajstić information content (AvgIpc) is 2.36. The molecule has 22 heavy (non-hydrogen) atoms. The van der Waals surface area contributed by atoms with Crippen LogP contribution >= 0.6 is 0 Å². The third kappa shape index (κ3) is 5.21. The second kappa shape index (κ2) is 7.19. The lowest BCUT2D eigenvalue weighted by atomic mass is 9.69. The van der Waals surface area contributed by atoms with Gasteiger partial charge in [-0.1, -0.05) is 13.3 Å². The predicted octanol–water partition coefficient (Wildman–Crippen LogP) is 4.30. The van der Waals surface area contributed by atoms with Crippen molar-refractivity contribution in [1.82, 2.24) is 5.32 Å². The van der Waals surface area contributed by atoms with E-state index in [0.717, 1.165) is 32.6 Å². The van der Waals surface area contributed by atoms with Crippen molar-refractivity contribution >= 4 is 0 Å². The normalized spacial score (nSPS) is 34.5. The number of hydrogen-bond acceptors (Lipinski definition) is 3. The van der Waals surface area contributed by atoms with Gasteiger partial charge in [0.2, 0.25) is 0 Å². The lowest BCUT2D eigenvalue weighted by molar-refractivity contribution is -0.110. The van der Waals surface area contributed by atoms with Crippen molar-refractivity contribution < 1.29 is 9.47 Å². The van der Waals surface area contributed by atoms with Crippen LogP contribution in [0.3, 0.4) is 0 Å². The lowest BCUT2D eigenvalue weighted by Crippen LogP contribution is -2.46. The molecule has 3 nitrogen and oxygen atoms in total. The molecule has 0 aromatic rings. The summed E-state index contributed by atoms with van der Waals surface area (Å²) in [5.74, 6) is 0. The molecule has 2 aliphatic rings. The van der Waals surface area contributed by atoms with Crippen molar-refractivity contribution in [2.24, 2.45) is 5.41 Å². The van der Waals surface area contributed by atoms with Crippen molar-refractivity contribution in [2.75, 3.05) is 19.8 Å². The molecule has 1 N–H and O–H groups in total. The molecule has 0 amide bonds. The summed E-state index contributed by atoms with van der Waals surface area (Å²) in [5, 5.41) is 3.81. The molecular weight excluding hydrogens is 274 g/mol. The molecule has 0 aliphatic carbocycles. The largest absolute Gasteiger partial charge is 0.376 e. The Labute approximate surface area is 137 Å². The fourth-order valence-electron chi connectivity index (χ4n) is 4.62. The van der Waals surface area contributed by atoms with Gasteiger partial charge < -0.3 is 14.8 Å². The minimum Gasteiger partial charge on any atom is -0.376 e. The Kier molecular flexibility index (Phi) is 5.95. The Hall–Kier alpha value is -0.120. The molecule has 0 saturated carbocycles. The summed E-state index contributed by atoms with van der Waals surface area (Å²) in [4.78, 5) is 0. The van der Waals surface area contributed by atoms with Gasteiger partial charge in [0.15, 0.2) is 0 Å². The van der Waals surface area contributed by atoms with Gasteiger partial charge in [0.1, 0.15) is 0 Å². The highest BCUT2D eigenvalue weighted by molar-refractivity contribution is 4.91. The van der Waals surface area contributed by atoms with E-state index in [4.69, 9.17) is 9.47 Å². The Balaban J connectivity index is 1.84. The first kappa shape index (κ1) is 18.2. The quantitative estimate of drug-likeness (QED) is 0.793. The van der Waals surface area contributed by atoms with E-state index in [1.807, 2.05) is 0 Å². The Morgan fingerprint density at radius 3 is 2.36 bits per heavy atom. The molecule has 2 aliphatic heterocycles. The molecule has 0 bridgehead atoms. The third-order valence-electron chi connectivity index (χ3n) is 5.49. The maximum absolute atomic E-state index is 5.95. The summed E-state index contributed by atoms with van der Waals surface area (Å²) in [6.07, 6.45) is 8.60. The van der Waals surface area contributed by atoms with Gasteiger partial charge in [-0.3, -0.25) is 0 Å². The molecule has 0 aromatic carbocycles. The summed E-state index contributed by atoms with van der Waals surface area (Å²) >= 11 is 0. The fraction of sp³-hybridized carbons (Fsp3) is 1.00. The number of hydrogen-bond donors (Lipinski definition) is 1. The number of ether oxygens (including phenoxy) is 2. The highest BCUT2D eigenvalue weighted by Crippen LogP contribution is 2.44. The second-order valence-electron chi connectivity index (χ2n) is 8.79. The summed E-state index contributed by atoms with van der Waals surface area (Å²) in [7, 11) is 0. The van der Waals surface area contributed by atoms with Gasteiger partial charge >= 0.3 is 0 Å². The van der Waals surface area contributed by atoms with E-state index in [2.05, 4.69) is 39.9 Å². The monoisotopic (exact) mass is 311 g/mol. The third-order valence-corrected chi connectivity index (χ3v) is 5.49. The van der Waals surface area contributed by atoms with Crippen LogP contribution in [0.2, 0.25) is 0 Å². The summed E-state index contributed by atoms with van der Waals surface area (Å²) < 4.78 is 11.8. The highest BCUT2D eigenvalue weighted by Gasteiger charge is 2.40. The molecule has 130 valence electrons. The van der Waals surface area contributed by atoms with E-state index in [9.17, 15) is 0 Å². The van der Waals surface area contributed by atoms with E-state index < -0.39 is 0 Å². The Bertz CT molecular complexity index is 349. The topological polar surface area (TPSA) is 30.5 Å². The molecule has 0 radical (unpaired) electrons. The lowest BCUT2D eigenvalue weighted by Gasteiger charge is -2.45. The Morgan fingerprint density at radius 1 is 1.00 bits per heavy atom. The van der Waals surface area contributed by atoms with Crippen LogP contribution in [0.1, 0.15) is 79.6 Å². The molecule has 2 rings (SSSR count). The van der Waals surface area contributed by atoms with Crippen LogP contribution in [0.5, 0.6) is 0 Å². The van der Waals surface area contributed by atoms with Crippen LogP contribution in [0.15, 0.2) is 0 Å². The first-order valence-electron chi connectivity index (χ1n) is 9.27. The molecule has 0 spiro atoms. The minimum absolute atomic E-state index is 0.0394. The van der Waals surface area contributed by atoms with Crippen molar-refractivity contribution in [3.63, 3.8) is 0 Å². The van der Waals surface area contributed by atoms with E-state index in [0.29, 0.717) is 11.5 Å². The number of nitrogens with one attached hydrogen (secondary N) is 1. The van der Waals surface area contributed by atoms with Gasteiger partial charge in [-0.15, -0.1) is 0 Å². The summed E-state index contributed by atoms with van der Waals surface area (Å²) in [5.41, 5.74) is 0.565. The SMILES string of the molecule is CCC[C@@]1(CCN[C@@H]2CCOC(C)(C)C2)CCOC(C)(C)C1. The van der Waals surface area contributed by atoms with Gasteiger partial charge in [0.25, 0.3) is 0 Å². The smallest absolute Gasteiger partial charge is 0.0641 e. The molecule has 2 saturated heterocycles. The number of rotatable bonds is 6. The van der Waals surface area contributed by atoms with Gasteiger partial charge in [-0.05, 0) is 78.2 Å². The second-order valence-corrected chi connectivity index (χ2v) is 8.79. The van der Waals surface area contributed by atoms with Crippen LogP contribution < -0.4 is 5.32 Å². The molecule has 0 aromatic heterocycles. The molecule has 3 heteroatoms.